The predicted molar refractivity (Wildman–Crippen MR) is 87.1 cm³/mol. The average Bonchev–Trinajstić information content (AvgIpc) is 2.54. The van der Waals surface area contributed by atoms with Gasteiger partial charge in [-0.3, -0.25) is 4.79 Å². The Balaban J connectivity index is 1.99. The molecule has 4 nitrogen and oxygen atoms in total. The molecule has 4 heteroatoms. The molecule has 1 atom stereocenters. The topological polar surface area (TPSA) is 64.3 Å². The summed E-state index contributed by atoms with van der Waals surface area (Å²) in [4.78, 5) is 12.2. The van der Waals surface area contributed by atoms with Crippen molar-refractivity contribution in [2.75, 3.05) is 7.11 Å². The van der Waals surface area contributed by atoms with E-state index in [4.69, 9.17) is 10.5 Å². The molecule has 2 aromatic rings. The molecular weight excluding hydrogens is 276 g/mol. The number of nitrogens with two attached hydrogens (primary N) is 1. The summed E-state index contributed by atoms with van der Waals surface area (Å²) in [6.45, 7) is 2.97. The van der Waals surface area contributed by atoms with Crippen molar-refractivity contribution < 1.29 is 9.53 Å². The van der Waals surface area contributed by atoms with Gasteiger partial charge in [0.15, 0.2) is 0 Å². The smallest absolute Gasteiger partial charge is 0.241 e. The third kappa shape index (κ3) is 4.16. The van der Waals surface area contributed by atoms with Crippen LogP contribution in [-0.4, -0.2) is 13.0 Å². The summed E-state index contributed by atoms with van der Waals surface area (Å²) >= 11 is 0. The Morgan fingerprint density at radius 3 is 2.41 bits per heavy atom. The van der Waals surface area contributed by atoms with Crippen LogP contribution < -0.4 is 11.1 Å². The maximum Gasteiger partial charge on any atom is 0.241 e. The molecule has 22 heavy (non-hydrogen) atoms. The lowest BCUT2D eigenvalue weighted by Crippen LogP contribution is -2.33. The van der Waals surface area contributed by atoms with E-state index in [2.05, 4.69) is 5.32 Å². The fourth-order valence-electron chi connectivity index (χ4n) is 2.24. The first-order valence-electron chi connectivity index (χ1n) is 7.27. The lowest BCUT2D eigenvalue weighted by atomic mass is 10.0. The quantitative estimate of drug-likeness (QED) is 0.861. The summed E-state index contributed by atoms with van der Waals surface area (Å²) in [5.41, 5.74) is 10.1. The summed E-state index contributed by atoms with van der Waals surface area (Å²) in [6.07, 6.45) is 0. The van der Waals surface area contributed by atoms with Gasteiger partial charge in [-0.2, -0.15) is 0 Å². The van der Waals surface area contributed by atoms with Gasteiger partial charge in [-0.15, -0.1) is 0 Å². The molecule has 0 saturated carbocycles. The molecule has 1 unspecified atom stereocenters. The fraction of sp³-hybridized carbons (Fsp3) is 0.278. The summed E-state index contributed by atoms with van der Waals surface area (Å²) in [6, 6.07) is 14.9. The normalized spacial score (nSPS) is 12.0. The van der Waals surface area contributed by atoms with Crippen LogP contribution in [0.3, 0.4) is 0 Å². The number of benzene rings is 2. The monoisotopic (exact) mass is 298 g/mol. The van der Waals surface area contributed by atoms with Crippen LogP contribution in [0.1, 0.15) is 28.3 Å². The van der Waals surface area contributed by atoms with Gasteiger partial charge in [-0.1, -0.05) is 54.1 Å². The first kappa shape index (κ1) is 16.2. The van der Waals surface area contributed by atoms with Crippen molar-refractivity contribution in [3.05, 3.63) is 70.8 Å². The maximum absolute atomic E-state index is 12.2. The minimum absolute atomic E-state index is 0.184. The molecule has 3 N–H and O–H groups in total. The Labute approximate surface area is 131 Å². The first-order chi connectivity index (χ1) is 10.6. The van der Waals surface area contributed by atoms with E-state index in [0.717, 1.165) is 22.3 Å². The molecule has 0 aliphatic rings. The molecule has 0 heterocycles. The average molecular weight is 298 g/mol. The third-order valence-corrected chi connectivity index (χ3v) is 3.59. The second-order valence-electron chi connectivity index (χ2n) is 5.31. The lowest BCUT2D eigenvalue weighted by molar-refractivity contribution is -0.122. The molecule has 2 rings (SSSR count). The Kier molecular flexibility index (Phi) is 5.69. The van der Waals surface area contributed by atoms with Crippen molar-refractivity contribution in [1.82, 2.24) is 5.32 Å². The molecule has 0 radical (unpaired) electrons. The van der Waals surface area contributed by atoms with Crippen LogP contribution in [0.5, 0.6) is 0 Å². The summed E-state index contributed by atoms with van der Waals surface area (Å²) < 4.78 is 5.17. The van der Waals surface area contributed by atoms with Crippen LogP contribution in [0.15, 0.2) is 48.5 Å². The zero-order valence-corrected chi connectivity index (χ0v) is 13.0. The second kappa shape index (κ2) is 7.73. The van der Waals surface area contributed by atoms with Gasteiger partial charge in [0, 0.05) is 13.7 Å². The van der Waals surface area contributed by atoms with Crippen molar-refractivity contribution in [3.8, 4) is 0 Å². The van der Waals surface area contributed by atoms with Gasteiger partial charge in [0.2, 0.25) is 5.91 Å². The number of hydrogen-bond donors (Lipinski definition) is 2. The number of nitrogens with one attached hydrogen (secondary N) is 1. The Bertz CT molecular complexity index is 623. The molecule has 0 aliphatic carbocycles. The SMILES string of the molecule is COCc1ccccc1CNC(=O)C(N)c1ccc(C)cc1. The zero-order chi connectivity index (χ0) is 15.9. The van der Waals surface area contributed by atoms with Crippen molar-refractivity contribution in [2.24, 2.45) is 5.73 Å². The van der Waals surface area contributed by atoms with Crippen LogP contribution >= 0.6 is 0 Å². The van der Waals surface area contributed by atoms with Crippen molar-refractivity contribution in [3.63, 3.8) is 0 Å². The number of amides is 1. The van der Waals surface area contributed by atoms with Gasteiger partial charge in [-0.25, -0.2) is 0 Å². The highest BCUT2D eigenvalue weighted by Crippen LogP contribution is 2.13. The first-order valence-corrected chi connectivity index (χ1v) is 7.27. The van der Waals surface area contributed by atoms with Gasteiger partial charge < -0.3 is 15.8 Å². The lowest BCUT2D eigenvalue weighted by Gasteiger charge is -2.14. The number of hydrogen-bond acceptors (Lipinski definition) is 3. The predicted octanol–water partition coefficient (Wildman–Crippen LogP) is 2.46. The Hall–Kier alpha value is -2.17. The van der Waals surface area contributed by atoms with Crippen molar-refractivity contribution in [1.29, 1.82) is 0 Å². The number of carbonyl (C=O) groups is 1. The minimum Gasteiger partial charge on any atom is -0.380 e. The van der Waals surface area contributed by atoms with E-state index < -0.39 is 6.04 Å². The van der Waals surface area contributed by atoms with E-state index in [1.807, 2.05) is 55.5 Å². The molecule has 0 saturated heterocycles. The number of rotatable bonds is 6. The van der Waals surface area contributed by atoms with Gasteiger partial charge >= 0.3 is 0 Å². The van der Waals surface area contributed by atoms with Crippen molar-refractivity contribution >= 4 is 5.91 Å². The third-order valence-electron chi connectivity index (χ3n) is 3.59. The van der Waals surface area contributed by atoms with Gasteiger partial charge in [0.05, 0.1) is 6.61 Å². The molecule has 0 spiro atoms. The van der Waals surface area contributed by atoms with E-state index in [0.29, 0.717) is 13.2 Å². The van der Waals surface area contributed by atoms with Crippen LogP contribution in [0, 0.1) is 6.92 Å². The van der Waals surface area contributed by atoms with Gasteiger partial charge in [0.1, 0.15) is 6.04 Å². The molecule has 0 aliphatic heterocycles. The van der Waals surface area contributed by atoms with Crippen LogP contribution in [0.25, 0.3) is 0 Å². The maximum atomic E-state index is 12.2. The van der Waals surface area contributed by atoms with E-state index in [-0.39, 0.29) is 5.91 Å². The van der Waals surface area contributed by atoms with E-state index in [9.17, 15) is 4.79 Å². The van der Waals surface area contributed by atoms with Crippen molar-refractivity contribution in [2.45, 2.75) is 26.1 Å². The molecule has 0 aromatic heterocycles. The number of carbonyl (C=O) groups excluding carboxylic acids is 1. The number of methoxy groups -OCH3 is 1. The number of ether oxygens (including phenoxy) is 1. The molecule has 0 fully saturated rings. The van der Waals surface area contributed by atoms with Gasteiger partial charge in [-0.05, 0) is 23.6 Å². The molecular formula is C18H22N2O2. The zero-order valence-electron chi connectivity index (χ0n) is 13.0. The Morgan fingerprint density at radius 1 is 1.14 bits per heavy atom. The minimum atomic E-state index is -0.657. The van der Waals surface area contributed by atoms with E-state index in [1.54, 1.807) is 7.11 Å². The number of aryl methyl sites for hydroxylation is 1. The highest BCUT2D eigenvalue weighted by molar-refractivity contribution is 5.82. The molecule has 116 valence electrons. The van der Waals surface area contributed by atoms with Gasteiger partial charge in [0.25, 0.3) is 0 Å². The highest BCUT2D eigenvalue weighted by Gasteiger charge is 2.15. The Morgan fingerprint density at radius 2 is 1.77 bits per heavy atom. The molecule has 2 aromatic carbocycles. The highest BCUT2D eigenvalue weighted by atomic mass is 16.5. The van der Waals surface area contributed by atoms with Crippen LogP contribution in [0.4, 0.5) is 0 Å². The largest absolute Gasteiger partial charge is 0.380 e. The van der Waals surface area contributed by atoms with Crippen LogP contribution in [0.2, 0.25) is 0 Å². The molecule has 1 amide bonds. The van der Waals surface area contributed by atoms with E-state index in [1.165, 1.54) is 0 Å². The summed E-state index contributed by atoms with van der Waals surface area (Å²) in [7, 11) is 1.66. The molecule has 0 bridgehead atoms. The standard InChI is InChI=1S/C18H22N2O2/c1-13-7-9-14(10-8-13)17(19)18(21)20-11-15-5-3-4-6-16(15)12-22-2/h3-10,17H,11-12,19H2,1-2H3,(H,20,21). The summed E-state index contributed by atoms with van der Waals surface area (Å²) in [5.74, 6) is -0.184. The van der Waals surface area contributed by atoms with E-state index >= 15 is 0 Å². The summed E-state index contributed by atoms with van der Waals surface area (Å²) in [5, 5.41) is 2.89. The second-order valence-corrected chi connectivity index (χ2v) is 5.31. The van der Waals surface area contributed by atoms with Crippen LogP contribution in [-0.2, 0) is 22.7 Å². The fourth-order valence-corrected chi connectivity index (χ4v) is 2.24.